The number of hydrogen-bond donors (Lipinski definition) is 2. The van der Waals surface area contributed by atoms with E-state index in [4.69, 9.17) is 9.26 Å². The first-order valence-corrected chi connectivity index (χ1v) is 18.2. The van der Waals surface area contributed by atoms with E-state index < -0.39 is 18.9 Å². The van der Waals surface area contributed by atoms with Crippen LogP contribution in [0.15, 0.2) is 0 Å². The van der Waals surface area contributed by atoms with E-state index in [9.17, 15) is 19.4 Å². The molecule has 0 heterocycles. The van der Waals surface area contributed by atoms with Gasteiger partial charge >= 0.3 is 13.6 Å². The van der Waals surface area contributed by atoms with Crippen molar-refractivity contribution >= 4 is 37.1 Å². The maximum absolute atomic E-state index is 13.1. The Labute approximate surface area is 229 Å². The van der Waals surface area contributed by atoms with E-state index in [1.807, 2.05) is 6.92 Å². The molecule has 0 spiro atoms. The Morgan fingerprint density at radius 2 is 1.47 bits per heavy atom. The van der Waals surface area contributed by atoms with Gasteiger partial charge in [-0.15, -0.1) is 0 Å². The average Bonchev–Trinajstić information content (AvgIpc) is 2.87. The topological polar surface area (TPSA) is 93.1 Å². The standard InChI is InChI=1S/C27H53O6PS2/c1-3-5-6-7-8-9-10-15-21-32-27(26(28)29,34(30,31)33-20-4-2)24-35-22-16-12-17-23-36-25-18-13-11-14-19-25/h25H,3-24H2,1-2H3,(H,28,29)(H,30,31). The number of hydrogen-bond acceptors (Lipinski definition) is 6. The molecule has 0 aromatic carbocycles. The molecule has 0 aliphatic heterocycles. The van der Waals surface area contributed by atoms with Crippen LogP contribution in [-0.2, 0) is 18.6 Å². The smallest absolute Gasteiger partial charge is 0.372 e. The Balaban J connectivity index is 2.44. The summed E-state index contributed by atoms with van der Waals surface area (Å²) < 4.78 is 24.0. The summed E-state index contributed by atoms with van der Waals surface area (Å²) in [6, 6.07) is 0. The molecule has 0 bridgehead atoms. The quantitative estimate of drug-likeness (QED) is 0.0884. The number of thioether (sulfide) groups is 2. The number of unbranched alkanes of at least 4 members (excludes halogenated alkanes) is 9. The van der Waals surface area contributed by atoms with Gasteiger partial charge in [-0.2, -0.15) is 23.5 Å². The maximum Gasteiger partial charge on any atom is 0.372 e. The number of rotatable bonds is 24. The van der Waals surface area contributed by atoms with Crippen LogP contribution in [0.1, 0.15) is 123 Å². The van der Waals surface area contributed by atoms with Crippen LogP contribution in [0.2, 0.25) is 0 Å². The van der Waals surface area contributed by atoms with Crippen molar-refractivity contribution in [3.63, 3.8) is 0 Å². The zero-order chi connectivity index (χ0) is 26.5. The minimum Gasteiger partial charge on any atom is -0.479 e. The molecule has 2 unspecified atom stereocenters. The lowest BCUT2D eigenvalue weighted by Gasteiger charge is -2.32. The normalized spacial score (nSPS) is 18.1. The molecule has 0 aromatic rings. The first-order chi connectivity index (χ1) is 17.4. The first-order valence-electron chi connectivity index (χ1n) is 14.4. The van der Waals surface area contributed by atoms with Gasteiger partial charge in [0.25, 0.3) is 5.34 Å². The van der Waals surface area contributed by atoms with Crippen LogP contribution in [0.3, 0.4) is 0 Å². The Morgan fingerprint density at radius 1 is 0.861 bits per heavy atom. The number of aliphatic carboxylic acids is 1. The van der Waals surface area contributed by atoms with E-state index in [-0.39, 0.29) is 19.0 Å². The van der Waals surface area contributed by atoms with Crippen molar-refractivity contribution in [2.45, 2.75) is 134 Å². The molecule has 2 N–H and O–H groups in total. The third kappa shape index (κ3) is 13.9. The van der Waals surface area contributed by atoms with Crippen LogP contribution in [0, 0.1) is 0 Å². The predicted molar refractivity (Wildman–Crippen MR) is 156 cm³/mol. The maximum atomic E-state index is 13.1. The number of carbonyl (C=O) groups is 1. The molecule has 2 atom stereocenters. The Morgan fingerprint density at radius 3 is 2.11 bits per heavy atom. The van der Waals surface area contributed by atoms with Crippen LogP contribution in [0.4, 0.5) is 0 Å². The lowest BCUT2D eigenvalue weighted by molar-refractivity contribution is -0.155. The summed E-state index contributed by atoms with van der Waals surface area (Å²) in [6.45, 7) is 4.21. The van der Waals surface area contributed by atoms with Gasteiger partial charge in [0.1, 0.15) is 0 Å². The SMILES string of the molecule is CCCCCCCCCCOC(CSCCCCCSC1CCCCC1)(C(=O)O)P(=O)(O)OCCC. The molecule has 1 fully saturated rings. The van der Waals surface area contributed by atoms with Crippen LogP contribution in [0.25, 0.3) is 0 Å². The summed E-state index contributed by atoms with van der Waals surface area (Å²) in [5.41, 5.74) is 0. The molecule has 9 heteroatoms. The van der Waals surface area contributed by atoms with Gasteiger partial charge in [0.2, 0.25) is 0 Å². The highest BCUT2D eigenvalue weighted by Gasteiger charge is 2.57. The first kappa shape index (κ1) is 34.3. The highest BCUT2D eigenvalue weighted by atomic mass is 32.2. The summed E-state index contributed by atoms with van der Waals surface area (Å²) in [7, 11) is -4.51. The Bertz CT molecular complexity index is 603. The molecule has 0 radical (unpaired) electrons. The van der Waals surface area contributed by atoms with Crippen molar-refractivity contribution in [3.8, 4) is 0 Å². The zero-order valence-electron chi connectivity index (χ0n) is 22.9. The molecule has 0 aromatic heterocycles. The van der Waals surface area contributed by atoms with Crippen LogP contribution < -0.4 is 0 Å². The number of ether oxygens (including phenoxy) is 1. The van der Waals surface area contributed by atoms with Gasteiger partial charge in [0, 0.05) is 17.6 Å². The minimum atomic E-state index is -4.51. The summed E-state index contributed by atoms with van der Waals surface area (Å²) in [5, 5.41) is 8.66. The van der Waals surface area contributed by atoms with E-state index in [0.29, 0.717) is 12.8 Å². The lowest BCUT2D eigenvalue weighted by atomic mass is 10.0. The zero-order valence-corrected chi connectivity index (χ0v) is 25.5. The van der Waals surface area contributed by atoms with Gasteiger partial charge in [-0.05, 0) is 50.0 Å². The molecule has 1 saturated carbocycles. The van der Waals surface area contributed by atoms with Crippen molar-refractivity contribution < 1.29 is 28.6 Å². The highest BCUT2D eigenvalue weighted by Crippen LogP contribution is 2.57. The second-order valence-corrected chi connectivity index (χ2v) is 14.5. The third-order valence-electron chi connectivity index (χ3n) is 6.74. The number of carboxylic acids is 1. The fraction of sp³-hybridized carbons (Fsp3) is 0.963. The summed E-state index contributed by atoms with van der Waals surface area (Å²) in [5.74, 6) is 0.457. The molecule has 1 aliphatic carbocycles. The van der Waals surface area contributed by atoms with E-state index in [0.717, 1.165) is 43.1 Å². The van der Waals surface area contributed by atoms with Gasteiger partial charge in [-0.3, -0.25) is 4.57 Å². The Kier molecular flexibility index (Phi) is 20.2. The van der Waals surface area contributed by atoms with Crippen molar-refractivity contribution in [1.82, 2.24) is 0 Å². The molecule has 1 aliphatic rings. The minimum absolute atomic E-state index is 0.0350. The Hall–Kier alpha value is 0.280. The molecule has 1 rings (SSSR count). The lowest BCUT2D eigenvalue weighted by Crippen LogP contribution is -2.45. The van der Waals surface area contributed by atoms with Gasteiger partial charge in [-0.1, -0.05) is 84.5 Å². The molecule has 6 nitrogen and oxygen atoms in total. The summed E-state index contributed by atoms with van der Waals surface area (Å²) in [6.07, 6.45) is 19.4. The predicted octanol–water partition coefficient (Wildman–Crippen LogP) is 8.51. The van der Waals surface area contributed by atoms with Crippen molar-refractivity contribution in [1.29, 1.82) is 0 Å². The second-order valence-electron chi connectivity index (χ2n) is 10.0. The van der Waals surface area contributed by atoms with Crippen molar-refractivity contribution in [3.05, 3.63) is 0 Å². The molecule has 36 heavy (non-hydrogen) atoms. The average molecular weight is 569 g/mol. The summed E-state index contributed by atoms with van der Waals surface area (Å²) >= 11 is 3.50. The van der Waals surface area contributed by atoms with Crippen LogP contribution >= 0.6 is 31.1 Å². The molecule has 0 saturated heterocycles. The van der Waals surface area contributed by atoms with Crippen molar-refractivity contribution in [2.75, 3.05) is 30.5 Å². The van der Waals surface area contributed by atoms with Gasteiger partial charge in [0.15, 0.2) is 0 Å². The molecule has 0 amide bonds. The van der Waals surface area contributed by atoms with E-state index in [1.165, 1.54) is 81.7 Å². The molecular weight excluding hydrogens is 515 g/mol. The fourth-order valence-corrected chi connectivity index (χ4v) is 8.89. The third-order valence-corrected chi connectivity index (χ3v) is 11.5. The van der Waals surface area contributed by atoms with E-state index >= 15 is 0 Å². The van der Waals surface area contributed by atoms with Gasteiger partial charge in [0.05, 0.1) is 6.61 Å². The summed E-state index contributed by atoms with van der Waals surface area (Å²) in [4.78, 5) is 23.0. The highest BCUT2D eigenvalue weighted by molar-refractivity contribution is 8.00. The molecular formula is C27H53O6PS2. The van der Waals surface area contributed by atoms with E-state index in [1.54, 1.807) is 0 Å². The van der Waals surface area contributed by atoms with Crippen molar-refractivity contribution in [2.24, 2.45) is 0 Å². The second kappa shape index (κ2) is 21.1. The van der Waals surface area contributed by atoms with Gasteiger partial charge < -0.3 is 19.3 Å². The molecule has 214 valence electrons. The monoisotopic (exact) mass is 568 g/mol. The number of carboxylic acid groups (broad SMARTS) is 1. The largest absolute Gasteiger partial charge is 0.479 e. The van der Waals surface area contributed by atoms with Crippen LogP contribution in [0.5, 0.6) is 0 Å². The van der Waals surface area contributed by atoms with E-state index in [2.05, 4.69) is 18.7 Å². The van der Waals surface area contributed by atoms with Crippen LogP contribution in [-0.4, -0.2) is 57.0 Å². The van der Waals surface area contributed by atoms with Gasteiger partial charge in [-0.25, -0.2) is 4.79 Å². The fourth-order valence-electron chi connectivity index (χ4n) is 4.42.